The second-order valence-corrected chi connectivity index (χ2v) is 4.77. The zero-order chi connectivity index (χ0) is 12.6. The van der Waals surface area contributed by atoms with Crippen molar-refractivity contribution in [1.29, 1.82) is 0 Å². The molecule has 1 aliphatic rings. The molecule has 1 fully saturated rings. The predicted molar refractivity (Wildman–Crippen MR) is 62.6 cm³/mol. The molecule has 2 rings (SSSR count). The molecule has 1 aromatic carbocycles. The monoisotopic (exact) mass is 257 g/mol. The Labute approximate surface area is 104 Å². The van der Waals surface area contributed by atoms with Crippen molar-refractivity contribution in [2.75, 3.05) is 6.54 Å². The van der Waals surface area contributed by atoms with Gasteiger partial charge in [0.25, 0.3) is 0 Å². The Bertz CT molecular complexity index is 441. The largest absolute Gasteiger partial charge is 0.481 e. The first-order valence-electron chi connectivity index (χ1n) is 5.40. The maximum atomic E-state index is 13.4. The second kappa shape index (κ2) is 4.63. The van der Waals surface area contributed by atoms with E-state index in [1.54, 1.807) is 19.1 Å². The van der Waals surface area contributed by atoms with E-state index in [1.165, 1.54) is 0 Å². The van der Waals surface area contributed by atoms with Gasteiger partial charge >= 0.3 is 5.97 Å². The minimum atomic E-state index is -0.801. The van der Waals surface area contributed by atoms with Gasteiger partial charge in [-0.05, 0) is 30.5 Å². The van der Waals surface area contributed by atoms with Gasteiger partial charge in [0.05, 0.1) is 10.9 Å². The van der Waals surface area contributed by atoms with E-state index in [1.807, 2.05) is 0 Å². The Morgan fingerprint density at radius 1 is 1.59 bits per heavy atom. The molecular formula is C12H13ClFNO2. The molecule has 0 radical (unpaired) electrons. The van der Waals surface area contributed by atoms with Crippen LogP contribution >= 0.6 is 11.6 Å². The normalized spacial score (nSPS) is 23.9. The van der Waals surface area contributed by atoms with Gasteiger partial charge in [0.2, 0.25) is 0 Å². The molecular weight excluding hydrogens is 245 g/mol. The lowest BCUT2D eigenvalue weighted by molar-refractivity contribution is -0.141. The van der Waals surface area contributed by atoms with Gasteiger partial charge in [-0.25, -0.2) is 4.39 Å². The number of halogens is 2. The Morgan fingerprint density at radius 3 is 2.82 bits per heavy atom. The zero-order valence-electron chi connectivity index (χ0n) is 9.34. The van der Waals surface area contributed by atoms with Gasteiger partial charge in [-0.2, -0.15) is 0 Å². The maximum Gasteiger partial charge on any atom is 0.307 e. The van der Waals surface area contributed by atoms with Gasteiger partial charge in [0, 0.05) is 12.6 Å². The summed E-state index contributed by atoms with van der Waals surface area (Å²) >= 11 is 5.78. The molecule has 17 heavy (non-hydrogen) atoms. The summed E-state index contributed by atoms with van der Waals surface area (Å²) in [6.07, 6.45) is 0.511. The topological polar surface area (TPSA) is 49.3 Å². The van der Waals surface area contributed by atoms with Crippen LogP contribution in [0.3, 0.4) is 0 Å². The van der Waals surface area contributed by atoms with E-state index in [4.69, 9.17) is 16.7 Å². The first kappa shape index (κ1) is 12.3. The minimum Gasteiger partial charge on any atom is -0.481 e. The molecule has 2 N–H and O–H groups in total. The minimum absolute atomic E-state index is 0.0621. The van der Waals surface area contributed by atoms with E-state index >= 15 is 0 Å². The van der Waals surface area contributed by atoms with Gasteiger partial charge in [-0.1, -0.05) is 17.7 Å². The Morgan fingerprint density at radius 2 is 2.29 bits per heavy atom. The van der Waals surface area contributed by atoms with Crippen LogP contribution in [0.4, 0.5) is 4.39 Å². The summed E-state index contributed by atoms with van der Waals surface area (Å²) in [5, 5.41) is 12.1. The summed E-state index contributed by atoms with van der Waals surface area (Å²) in [7, 11) is 0. The number of benzene rings is 1. The van der Waals surface area contributed by atoms with Crippen molar-refractivity contribution in [2.24, 2.45) is 5.92 Å². The van der Waals surface area contributed by atoms with E-state index in [2.05, 4.69) is 5.32 Å². The molecule has 0 aromatic heterocycles. The fraction of sp³-hybridized carbons (Fsp3) is 0.417. The average Bonchev–Trinajstić information content (AvgIpc) is 2.74. The highest BCUT2D eigenvalue weighted by atomic mass is 35.5. The third kappa shape index (κ3) is 2.42. The van der Waals surface area contributed by atoms with Gasteiger partial charge in [-0.3, -0.25) is 4.79 Å². The molecule has 1 saturated heterocycles. The number of rotatable bonds is 2. The third-order valence-corrected chi connectivity index (χ3v) is 3.39. The van der Waals surface area contributed by atoms with Crippen LogP contribution < -0.4 is 5.32 Å². The number of aryl methyl sites for hydroxylation is 1. The molecule has 0 bridgehead atoms. The van der Waals surface area contributed by atoms with Crippen molar-refractivity contribution < 1.29 is 14.3 Å². The highest BCUT2D eigenvalue weighted by molar-refractivity contribution is 6.30. The summed E-state index contributed by atoms with van der Waals surface area (Å²) in [4.78, 5) is 10.8. The molecule has 92 valence electrons. The van der Waals surface area contributed by atoms with E-state index in [-0.39, 0.29) is 17.0 Å². The molecule has 0 aliphatic carbocycles. The number of nitrogens with one attached hydrogen (secondary N) is 1. The van der Waals surface area contributed by atoms with E-state index in [9.17, 15) is 9.18 Å². The SMILES string of the molecule is Cc1cc(C2CC(C(=O)O)CN2)cc(Cl)c1F. The standard InChI is InChI=1S/C12H13ClFNO2/c1-6-2-7(3-9(13)11(6)14)10-4-8(5-15-10)12(16)17/h2-3,8,10,15H,4-5H2,1H3,(H,16,17). The lowest BCUT2D eigenvalue weighted by Gasteiger charge is -2.12. The summed E-state index contributed by atoms with van der Waals surface area (Å²) in [5.41, 5.74) is 1.32. The van der Waals surface area contributed by atoms with Crippen LogP contribution in [0.5, 0.6) is 0 Å². The average molecular weight is 258 g/mol. The summed E-state index contributed by atoms with van der Waals surface area (Å²) < 4.78 is 13.4. The smallest absolute Gasteiger partial charge is 0.307 e. The van der Waals surface area contributed by atoms with Crippen LogP contribution in [0.2, 0.25) is 5.02 Å². The van der Waals surface area contributed by atoms with Gasteiger partial charge in [-0.15, -0.1) is 0 Å². The van der Waals surface area contributed by atoms with Crippen LogP contribution in [0.15, 0.2) is 12.1 Å². The highest BCUT2D eigenvalue weighted by Crippen LogP contribution is 2.31. The maximum absolute atomic E-state index is 13.4. The lowest BCUT2D eigenvalue weighted by Crippen LogP contribution is -2.17. The molecule has 1 aromatic rings. The first-order valence-corrected chi connectivity index (χ1v) is 5.78. The Kier molecular flexibility index (Phi) is 3.35. The van der Waals surface area contributed by atoms with Crippen molar-refractivity contribution >= 4 is 17.6 Å². The van der Waals surface area contributed by atoms with Gasteiger partial charge < -0.3 is 10.4 Å². The molecule has 1 aliphatic heterocycles. The van der Waals surface area contributed by atoms with Gasteiger partial charge in [0.1, 0.15) is 5.82 Å². The summed E-state index contributed by atoms with van der Waals surface area (Å²) in [6.45, 7) is 2.09. The van der Waals surface area contributed by atoms with Crippen LogP contribution in [-0.2, 0) is 4.79 Å². The molecule has 0 saturated carbocycles. The van der Waals surface area contributed by atoms with Gasteiger partial charge in [0.15, 0.2) is 0 Å². The second-order valence-electron chi connectivity index (χ2n) is 4.37. The first-order chi connectivity index (χ1) is 7.99. The van der Waals surface area contributed by atoms with Crippen molar-refractivity contribution in [2.45, 2.75) is 19.4 Å². The molecule has 3 nitrogen and oxygen atoms in total. The summed E-state index contributed by atoms with van der Waals surface area (Å²) in [6, 6.07) is 3.21. The number of hydrogen-bond donors (Lipinski definition) is 2. The molecule has 0 amide bonds. The molecule has 2 unspecified atom stereocenters. The van der Waals surface area contributed by atoms with Crippen molar-refractivity contribution in [3.63, 3.8) is 0 Å². The summed E-state index contributed by atoms with van der Waals surface area (Å²) in [5.74, 6) is -1.60. The van der Waals surface area contributed by atoms with Crippen LogP contribution in [0.25, 0.3) is 0 Å². The Balaban J connectivity index is 2.22. The fourth-order valence-corrected chi connectivity index (χ4v) is 2.41. The molecule has 0 spiro atoms. The van der Waals surface area contributed by atoms with E-state index < -0.39 is 11.8 Å². The number of carbonyl (C=O) groups is 1. The predicted octanol–water partition coefficient (Wildman–Crippen LogP) is 2.52. The number of carboxylic acid groups (broad SMARTS) is 1. The van der Waals surface area contributed by atoms with Crippen molar-refractivity contribution in [3.05, 3.63) is 34.1 Å². The Hall–Kier alpha value is -1.13. The molecule has 2 atom stereocenters. The number of hydrogen-bond acceptors (Lipinski definition) is 2. The van der Waals surface area contributed by atoms with E-state index in [0.29, 0.717) is 18.5 Å². The van der Waals surface area contributed by atoms with Crippen LogP contribution in [0, 0.1) is 18.7 Å². The number of aliphatic carboxylic acids is 1. The van der Waals surface area contributed by atoms with Crippen molar-refractivity contribution in [1.82, 2.24) is 5.32 Å². The third-order valence-electron chi connectivity index (χ3n) is 3.11. The molecule has 1 heterocycles. The number of carboxylic acids is 1. The fourth-order valence-electron chi connectivity index (χ4n) is 2.13. The quantitative estimate of drug-likeness (QED) is 0.856. The van der Waals surface area contributed by atoms with E-state index in [0.717, 1.165) is 5.56 Å². The molecule has 5 heteroatoms. The highest BCUT2D eigenvalue weighted by Gasteiger charge is 2.30. The van der Waals surface area contributed by atoms with Crippen molar-refractivity contribution in [3.8, 4) is 0 Å². The zero-order valence-corrected chi connectivity index (χ0v) is 10.1. The van der Waals surface area contributed by atoms with Crippen LogP contribution in [0.1, 0.15) is 23.6 Å². The van der Waals surface area contributed by atoms with Crippen LogP contribution in [-0.4, -0.2) is 17.6 Å². The lowest BCUT2D eigenvalue weighted by atomic mass is 9.99.